The quantitative estimate of drug-likeness (QED) is 0.744. The summed E-state index contributed by atoms with van der Waals surface area (Å²) in [6.07, 6.45) is 4.74. The Bertz CT molecular complexity index is 477. The van der Waals surface area contributed by atoms with Crippen LogP contribution in [0.4, 0.5) is 5.69 Å². The van der Waals surface area contributed by atoms with E-state index in [0.717, 1.165) is 25.1 Å². The number of pyridine rings is 1. The van der Waals surface area contributed by atoms with Crippen LogP contribution in [0.25, 0.3) is 0 Å². The third-order valence-electron chi connectivity index (χ3n) is 4.55. The SMILES string of the molecule is CN1Cc2c(nc3c(c2N)CCCC3)C1(C)C. The molecule has 0 amide bonds. The van der Waals surface area contributed by atoms with Gasteiger partial charge < -0.3 is 5.73 Å². The van der Waals surface area contributed by atoms with Crippen LogP contribution in [0.15, 0.2) is 0 Å². The molecule has 2 aliphatic rings. The van der Waals surface area contributed by atoms with Gasteiger partial charge in [-0.05, 0) is 52.1 Å². The number of nitrogens with zero attached hydrogens (tertiary/aromatic N) is 2. The molecule has 92 valence electrons. The highest BCUT2D eigenvalue weighted by atomic mass is 15.2. The molecule has 0 aromatic carbocycles. The fourth-order valence-electron chi connectivity index (χ4n) is 3.10. The van der Waals surface area contributed by atoms with Gasteiger partial charge in [-0.1, -0.05) is 0 Å². The number of fused-ring (bicyclic) bond motifs is 2. The number of rotatable bonds is 0. The maximum atomic E-state index is 6.37. The lowest BCUT2D eigenvalue weighted by atomic mass is 9.90. The summed E-state index contributed by atoms with van der Waals surface area (Å²) < 4.78 is 0. The predicted octanol–water partition coefficient (Wildman–Crippen LogP) is 2.22. The standard InChI is InChI=1S/C14H21N3/c1-14(2)13-10(8-17(14)3)12(15)9-6-4-5-7-11(9)16-13/h4-8H2,1-3H3,(H2,15,16). The first-order valence-corrected chi connectivity index (χ1v) is 6.53. The van der Waals surface area contributed by atoms with Crippen LogP contribution < -0.4 is 5.73 Å². The van der Waals surface area contributed by atoms with Crippen molar-refractivity contribution in [1.82, 2.24) is 9.88 Å². The smallest absolute Gasteiger partial charge is 0.0670 e. The average molecular weight is 231 g/mol. The molecule has 0 saturated carbocycles. The van der Waals surface area contributed by atoms with Gasteiger partial charge >= 0.3 is 0 Å². The minimum Gasteiger partial charge on any atom is -0.398 e. The molecule has 0 radical (unpaired) electrons. The summed E-state index contributed by atoms with van der Waals surface area (Å²) in [5.74, 6) is 0. The van der Waals surface area contributed by atoms with Crippen LogP contribution in [0, 0.1) is 0 Å². The Labute approximate surface area is 103 Å². The summed E-state index contributed by atoms with van der Waals surface area (Å²) in [5, 5.41) is 0. The molecule has 1 aromatic rings. The topological polar surface area (TPSA) is 42.2 Å². The zero-order valence-electron chi connectivity index (χ0n) is 11.0. The highest BCUT2D eigenvalue weighted by molar-refractivity contribution is 5.60. The van der Waals surface area contributed by atoms with E-state index in [9.17, 15) is 0 Å². The number of nitrogen functional groups attached to an aromatic ring is 1. The van der Waals surface area contributed by atoms with Crippen LogP contribution in [0.2, 0.25) is 0 Å². The molecule has 2 heterocycles. The van der Waals surface area contributed by atoms with Gasteiger partial charge in [0.05, 0.1) is 11.2 Å². The second kappa shape index (κ2) is 3.45. The van der Waals surface area contributed by atoms with Gasteiger partial charge in [0.15, 0.2) is 0 Å². The van der Waals surface area contributed by atoms with Gasteiger partial charge in [-0.3, -0.25) is 9.88 Å². The van der Waals surface area contributed by atoms with Crippen molar-refractivity contribution in [1.29, 1.82) is 0 Å². The molecule has 0 bridgehead atoms. The minimum absolute atomic E-state index is 0.0237. The molecule has 3 heteroatoms. The van der Waals surface area contributed by atoms with Gasteiger partial charge in [0.25, 0.3) is 0 Å². The van der Waals surface area contributed by atoms with Crippen molar-refractivity contribution in [2.75, 3.05) is 12.8 Å². The molecule has 1 aromatic heterocycles. The number of aromatic nitrogens is 1. The van der Waals surface area contributed by atoms with Crippen molar-refractivity contribution in [2.24, 2.45) is 0 Å². The Balaban J connectivity index is 2.22. The van der Waals surface area contributed by atoms with E-state index in [1.54, 1.807) is 0 Å². The van der Waals surface area contributed by atoms with Crippen LogP contribution in [0.5, 0.6) is 0 Å². The number of aryl methyl sites for hydroxylation is 1. The third kappa shape index (κ3) is 1.41. The molecule has 1 aliphatic heterocycles. The minimum atomic E-state index is 0.0237. The molecule has 0 fully saturated rings. The predicted molar refractivity (Wildman–Crippen MR) is 69.8 cm³/mol. The molecule has 0 spiro atoms. The highest BCUT2D eigenvalue weighted by Crippen LogP contribution is 2.41. The summed E-state index contributed by atoms with van der Waals surface area (Å²) in [4.78, 5) is 7.28. The molecule has 0 atom stereocenters. The Morgan fingerprint density at radius 3 is 2.65 bits per heavy atom. The van der Waals surface area contributed by atoms with Crippen LogP contribution in [0.1, 0.15) is 49.2 Å². The summed E-state index contributed by atoms with van der Waals surface area (Å²) in [6.45, 7) is 5.41. The van der Waals surface area contributed by atoms with E-state index in [1.165, 1.54) is 35.4 Å². The fraction of sp³-hybridized carbons (Fsp3) is 0.643. The average Bonchev–Trinajstić information content (AvgIpc) is 2.53. The van der Waals surface area contributed by atoms with Crippen molar-refractivity contribution in [3.8, 4) is 0 Å². The summed E-state index contributed by atoms with van der Waals surface area (Å²) in [7, 11) is 2.15. The lowest BCUT2D eigenvalue weighted by Gasteiger charge is -2.28. The monoisotopic (exact) mass is 231 g/mol. The molecule has 0 saturated heterocycles. The second-order valence-electron chi connectivity index (χ2n) is 5.90. The molecular formula is C14H21N3. The van der Waals surface area contributed by atoms with E-state index < -0.39 is 0 Å². The third-order valence-corrected chi connectivity index (χ3v) is 4.55. The van der Waals surface area contributed by atoms with E-state index in [1.807, 2.05) is 0 Å². The van der Waals surface area contributed by atoms with E-state index >= 15 is 0 Å². The Morgan fingerprint density at radius 1 is 1.18 bits per heavy atom. The molecule has 0 unspecified atom stereocenters. The Morgan fingerprint density at radius 2 is 1.88 bits per heavy atom. The summed E-state index contributed by atoms with van der Waals surface area (Å²) in [5.41, 5.74) is 12.5. The van der Waals surface area contributed by atoms with E-state index in [0.29, 0.717) is 0 Å². The van der Waals surface area contributed by atoms with Crippen molar-refractivity contribution in [3.05, 3.63) is 22.5 Å². The van der Waals surface area contributed by atoms with E-state index in [-0.39, 0.29) is 5.54 Å². The lowest BCUT2D eigenvalue weighted by Crippen LogP contribution is -2.32. The van der Waals surface area contributed by atoms with Gasteiger partial charge in [-0.15, -0.1) is 0 Å². The molecule has 1 aliphatic carbocycles. The van der Waals surface area contributed by atoms with Crippen LogP contribution >= 0.6 is 0 Å². The number of anilines is 1. The number of nitrogens with two attached hydrogens (primary N) is 1. The normalized spacial score (nSPS) is 22.3. The maximum Gasteiger partial charge on any atom is 0.0670 e. The Kier molecular flexibility index (Phi) is 2.24. The summed E-state index contributed by atoms with van der Waals surface area (Å²) >= 11 is 0. The van der Waals surface area contributed by atoms with E-state index in [4.69, 9.17) is 10.7 Å². The fourth-order valence-corrected chi connectivity index (χ4v) is 3.10. The Hall–Kier alpha value is -1.09. The van der Waals surface area contributed by atoms with E-state index in [2.05, 4.69) is 25.8 Å². The zero-order valence-corrected chi connectivity index (χ0v) is 11.0. The molecule has 3 nitrogen and oxygen atoms in total. The van der Waals surface area contributed by atoms with Gasteiger partial charge in [-0.2, -0.15) is 0 Å². The first kappa shape index (κ1) is 11.0. The van der Waals surface area contributed by atoms with Gasteiger partial charge in [-0.25, -0.2) is 0 Å². The molecule has 17 heavy (non-hydrogen) atoms. The maximum absolute atomic E-state index is 6.37. The van der Waals surface area contributed by atoms with Crippen molar-refractivity contribution < 1.29 is 0 Å². The lowest BCUT2D eigenvalue weighted by molar-refractivity contribution is 0.175. The van der Waals surface area contributed by atoms with Crippen LogP contribution in [0.3, 0.4) is 0 Å². The van der Waals surface area contributed by atoms with Crippen LogP contribution in [-0.4, -0.2) is 16.9 Å². The highest BCUT2D eigenvalue weighted by Gasteiger charge is 2.39. The number of hydrogen-bond donors (Lipinski definition) is 1. The molecular weight excluding hydrogens is 210 g/mol. The van der Waals surface area contributed by atoms with Gasteiger partial charge in [0, 0.05) is 23.5 Å². The summed E-state index contributed by atoms with van der Waals surface area (Å²) in [6, 6.07) is 0. The van der Waals surface area contributed by atoms with Gasteiger partial charge in [0.1, 0.15) is 0 Å². The first-order chi connectivity index (χ1) is 8.01. The largest absolute Gasteiger partial charge is 0.398 e. The van der Waals surface area contributed by atoms with Crippen molar-refractivity contribution in [2.45, 2.75) is 51.6 Å². The van der Waals surface area contributed by atoms with Crippen LogP contribution in [-0.2, 0) is 24.9 Å². The van der Waals surface area contributed by atoms with Crippen molar-refractivity contribution >= 4 is 5.69 Å². The van der Waals surface area contributed by atoms with Gasteiger partial charge in [0.2, 0.25) is 0 Å². The second-order valence-corrected chi connectivity index (χ2v) is 5.90. The molecule has 2 N–H and O–H groups in total. The number of hydrogen-bond acceptors (Lipinski definition) is 3. The van der Waals surface area contributed by atoms with Crippen molar-refractivity contribution in [3.63, 3.8) is 0 Å². The molecule has 3 rings (SSSR count). The first-order valence-electron chi connectivity index (χ1n) is 6.53. The zero-order chi connectivity index (χ0) is 12.2.